The molecule has 186 valence electrons. The number of alkyl halides is 3. The maximum Gasteiger partial charge on any atom is 0.417 e. The lowest BCUT2D eigenvalue weighted by Crippen LogP contribution is -2.11. The van der Waals surface area contributed by atoms with E-state index in [2.05, 4.69) is 0 Å². The lowest BCUT2D eigenvalue weighted by atomic mass is 9.93. The smallest absolute Gasteiger partial charge is 0.417 e. The van der Waals surface area contributed by atoms with Crippen LogP contribution in [-0.4, -0.2) is 23.8 Å². The number of ether oxygens (including phenoxy) is 2. The highest BCUT2D eigenvalue weighted by molar-refractivity contribution is 5.86. The second-order valence-electron chi connectivity index (χ2n) is 8.69. The van der Waals surface area contributed by atoms with Crippen molar-refractivity contribution in [1.82, 2.24) is 0 Å². The van der Waals surface area contributed by atoms with Crippen molar-refractivity contribution < 1.29 is 32.5 Å². The number of hydrogen-bond donors (Lipinski definition) is 1. The summed E-state index contributed by atoms with van der Waals surface area (Å²) in [5, 5.41) is 11.1. The standard InChI is InChI=1S/C29H25F3O4/c1-18(2)36-23-11-12-25(26(16-23)29(30,31)32)21-10-13-27(35-17-28(33)34)22(15-21)14-20-8-5-7-19-6-3-4-9-24(19)20/h3-13,15-16,18H,14,17H2,1-2H3,(H,33,34). The van der Waals surface area contributed by atoms with Gasteiger partial charge in [-0.25, -0.2) is 4.79 Å². The molecule has 4 nitrogen and oxygen atoms in total. The molecule has 0 aliphatic rings. The van der Waals surface area contributed by atoms with E-state index in [1.165, 1.54) is 24.3 Å². The fourth-order valence-electron chi connectivity index (χ4n) is 4.17. The Morgan fingerprint density at radius 2 is 1.67 bits per heavy atom. The van der Waals surface area contributed by atoms with Crippen molar-refractivity contribution in [2.75, 3.05) is 6.61 Å². The van der Waals surface area contributed by atoms with E-state index >= 15 is 0 Å². The Balaban J connectivity index is 1.82. The molecule has 0 aliphatic heterocycles. The minimum atomic E-state index is -4.60. The number of benzene rings is 4. The van der Waals surface area contributed by atoms with Crippen molar-refractivity contribution in [2.24, 2.45) is 0 Å². The van der Waals surface area contributed by atoms with Crippen LogP contribution in [0, 0.1) is 0 Å². The third kappa shape index (κ3) is 5.79. The van der Waals surface area contributed by atoms with Crippen LogP contribution in [-0.2, 0) is 17.4 Å². The van der Waals surface area contributed by atoms with E-state index in [4.69, 9.17) is 14.6 Å². The molecule has 36 heavy (non-hydrogen) atoms. The second-order valence-corrected chi connectivity index (χ2v) is 8.69. The highest BCUT2D eigenvalue weighted by atomic mass is 19.4. The monoisotopic (exact) mass is 494 g/mol. The minimum absolute atomic E-state index is 0.00237. The molecular weight excluding hydrogens is 469 g/mol. The van der Waals surface area contributed by atoms with Crippen LogP contribution in [0.1, 0.15) is 30.5 Å². The first-order chi connectivity index (χ1) is 17.1. The number of carbonyl (C=O) groups is 1. The van der Waals surface area contributed by atoms with E-state index in [1.807, 2.05) is 42.5 Å². The largest absolute Gasteiger partial charge is 0.491 e. The number of carboxylic acids is 1. The molecule has 0 saturated carbocycles. The molecule has 7 heteroatoms. The molecule has 0 aliphatic carbocycles. The predicted molar refractivity (Wildman–Crippen MR) is 133 cm³/mol. The number of halogens is 3. The van der Waals surface area contributed by atoms with Crippen LogP contribution in [0.15, 0.2) is 78.9 Å². The first kappa shape index (κ1) is 25.1. The lowest BCUT2D eigenvalue weighted by molar-refractivity contribution is -0.139. The van der Waals surface area contributed by atoms with Crippen LogP contribution in [0.25, 0.3) is 21.9 Å². The van der Waals surface area contributed by atoms with Gasteiger partial charge in [0, 0.05) is 6.42 Å². The first-order valence-corrected chi connectivity index (χ1v) is 11.4. The van der Waals surface area contributed by atoms with Gasteiger partial charge in [-0.05, 0) is 71.1 Å². The molecule has 1 N–H and O–H groups in total. The third-order valence-electron chi connectivity index (χ3n) is 5.65. The number of fused-ring (bicyclic) bond motifs is 1. The summed E-state index contributed by atoms with van der Waals surface area (Å²) in [6.45, 7) is 2.93. The van der Waals surface area contributed by atoms with Crippen LogP contribution < -0.4 is 9.47 Å². The van der Waals surface area contributed by atoms with Crippen LogP contribution in [0.3, 0.4) is 0 Å². The van der Waals surface area contributed by atoms with Crippen molar-refractivity contribution in [2.45, 2.75) is 32.5 Å². The van der Waals surface area contributed by atoms with Crippen molar-refractivity contribution in [3.8, 4) is 22.6 Å². The molecule has 4 aromatic rings. The summed E-state index contributed by atoms with van der Waals surface area (Å²) >= 11 is 0. The summed E-state index contributed by atoms with van der Waals surface area (Å²) in [5.74, 6) is -0.698. The molecule has 0 aromatic heterocycles. The molecule has 0 heterocycles. The number of rotatable bonds is 8. The highest BCUT2D eigenvalue weighted by Gasteiger charge is 2.34. The zero-order valence-corrected chi connectivity index (χ0v) is 19.8. The summed E-state index contributed by atoms with van der Waals surface area (Å²) in [4.78, 5) is 11.1. The van der Waals surface area contributed by atoms with Gasteiger partial charge in [0.15, 0.2) is 6.61 Å². The second kappa shape index (κ2) is 10.3. The Hall–Kier alpha value is -4.00. The Kier molecular flexibility index (Phi) is 7.20. The molecule has 4 rings (SSSR count). The van der Waals surface area contributed by atoms with E-state index < -0.39 is 24.3 Å². The van der Waals surface area contributed by atoms with Crippen LogP contribution in [0.2, 0.25) is 0 Å². The lowest BCUT2D eigenvalue weighted by Gasteiger charge is -2.18. The molecule has 0 saturated heterocycles. The van der Waals surface area contributed by atoms with E-state index in [1.54, 1.807) is 19.9 Å². The first-order valence-electron chi connectivity index (χ1n) is 11.4. The summed E-state index contributed by atoms with van der Waals surface area (Å²) in [5.41, 5.74) is 1.07. The Morgan fingerprint density at radius 3 is 2.39 bits per heavy atom. The average molecular weight is 495 g/mol. The molecule has 0 amide bonds. The highest BCUT2D eigenvalue weighted by Crippen LogP contribution is 2.40. The van der Waals surface area contributed by atoms with Gasteiger partial charge in [0.2, 0.25) is 0 Å². The van der Waals surface area contributed by atoms with E-state index in [0.717, 1.165) is 22.4 Å². The van der Waals surface area contributed by atoms with E-state index in [9.17, 15) is 18.0 Å². The molecular formula is C29H25F3O4. The SMILES string of the molecule is CC(C)Oc1ccc(-c2ccc(OCC(=O)O)c(Cc3cccc4ccccc34)c2)c(C(F)(F)F)c1. The van der Waals surface area contributed by atoms with Crippen LogP contribution in [0.5, 0.6) is 11.5 Å². The molecule has 0 bridgehead atoms. The fraction of sp³-hybridized carbons (Fsp3) is 0.207. The van der Waals surface area contributed by atoms with Gasteiger partial charge in [0.05, 0.1) is 11.7 Å². The molecule has 0 unspecified atom stereocenters. The Morgan fingerprint density at radius 1 is 0.917 bits per heavy atom. The number of hydrogen-bond acceptors (Lipinski definition) is 3. The van der Waals surface area contributed by atoms with Gasteiger partial charge in [0.25, 0.3) is 0 Å². The molecule has 0 fully saturated rings. The van der Waals surface area contributed by atoms with E-state index in [0.29, 0.717) is 23.3 Å². The van der Waals surface area contributed by atoms with Crippen LogP contribution >= 0.6 is 0 Å². The maximum atomic E-state index is 14.0. The van der Waals surface area contributed by atoms with Gasteiger partial charge in [-0.15, -0.1) is 0 Å². The van der Waals surface area contributed by atoms with Crippen LogP contribution in [0.4, 0.5) is 13.2 Å². The zero-order chi connectivity index (χ0) is 25.9. The Labute approximate surface area is 206 Å². The Bertz CT molecular complexity index is 1390. The van der Waals surface area contributed by atoms with Crippen molar-refractivity contribution in [3.05, 3.63) is 95.6 Å². The predicted octanol–water partition coefficient (Wildman–Crippen LogP) is 7.37. The van der Waals surface area contributed by atoms with Crippen molar-refractivity contribution in [1.29, 1.82) is 0 Å². The fourth-order valence-corrected chi connectivity index (χ4v) is 4.17. The number of aliphatic carboxylic acids is 1. The number of carboxylic acid groups (broad SMARTS) is 1. The topological polar surface area (TPSA) is 55.8 Å². The van der Waals surface area contributed by atoms with Gasteiger partial charge >= 0.3 is 12.1 Å². The maximum absolute atomic E-state index is 14.0. The third-order valence-corrected chi connectivity index (χ3v) is 5.65. The average Bonchev–Trinajstić information content (AvgIpc) is 2.82. The van der Waals surface area contributed by atoms with E-state index in [-0.39, 0.29) is 17.4 Å². The molecule has 0 spiro atoms. The normalized spacial score (nSPS) is 11.6. The summed E-state index contributed by atoms with van der Waals surface area (Å²) in [6, 6.07) is 22.2. The quantitative estimate of drug-likeness (QED) is 0.278. The minimum Gasteiger partial charge on any atom is -0.491 e. The summed E-state index contributed by atoms with van der Waals surface area (Å²) in [7, 11) is 0. The van der Waals surface area contributed by atoms with Gasteiger partial charge in [-0.3, -0.25) is 0 Å². The zero-order valence-electron chi connectivity index (χ0n) is 19.8. The molecule has 4 aromatic carbocycles. The van der Waals surface area contributed by atoms with Gasteiger partial charge < -0.3 is 14.6 Å². The summed E-state index contributed by atoms with van der Waals surface area (Å²) < 4.78 is 53.0. The molecule has 0 radical (unpaired) electrons. The molecule has 0 atom stereocenters. The summed E-state index contributed by atoms with van der Waals surface area (Å²) in [6.07, 6.45) is -4.52. The van der Waals surface area contributed by atoms with Crippen molar-refractivity contribution >= 4 is 16.7 Å². The van der Waals surface area contributed by atoms with Crippen molar-refractivity contribution in [3.63, 3.8) is 0 Å². The van der Waals surface area contributed by atoms with Gasteiger partial charge in [0.1, 0.15) is 11.5 Å². The van der Waals surface area contributed by atoms with Gasteiger partial charge in [-0.2, -0.15) is 13.2 Å². The van der Waals surface area contributed by atoms with Gasteiger partial charge in [-0.1, -0.05) is 54.6 Å².